The van der Waals surface area contributed by atoms with Crippen LogP contribution in [0.4, 0.5) is 0 Å². The molecule has 0 unspecified atom stereocenters. The first-order valence-electron chi connectivity index (χ1n) is 8.70. The first-order chi connectivity index (χ1) is 13.0. The Morgan fingerprint density at radius 2 is 1.85 bits per heavy atom. The van der Waals surface area contributed by atoms with Crippen LogP contribution < -0.4 is 0 Å². The minimum atomic E-state index is -0.195. The molecule has 0 bridgehead atoms. The summed E-state index contributed by atoms with van der Waals surface area (Å²) in [6.07, 6.45) is 3.75. The molecule has 138 valence electrons. The zero-order chi connectivity index (χ0) is 19.2. The molecular weight excluding hydrogens is 360 g/mol. The molecule has 0 saturated heterocycles. The van der Waals surface area contributed by atoms with Crippen LogP contribution in [0.1, 0.15) is 29.0 Å². The number of carbonyl (C=O) groups excluding carboxylic acids is 1. The minimum Gasteiger partial charge on any atom is -0.508 e. The van der Waals surface area contributed by atoms with Crippen LogP contribution in [-0.4, -0.2) is 27.9 Å². The van der Waals surface area contributed by atoms with Gasteiger partial charge in [-0.1, -0.05) is 41.9 Å². The second-order valence-corrected chi connectivity index (χ2v) is 6.95. The number of carbonyl (C=O) groups is 1. The first kappa shape index (κ1) is 18.9. The number of aromatic nitrogens is 1. The van der Waals surface area contributed by atoms with E-state index in [0.717, 1.165) is 16.7 Å². The van der Waals surface area contributed by atoms with Gasteiger partial charge in [-0.3, -0.25) is 9.78 Å². The number of hydrogen-bond donors (Lipinski definition) is 1. The number of aromatic hydroxyl groups is 1. The monoisotopic (exact) mass is 380 g/mol. The van der Waals surface area contributed by atoms with Crippen LogP contribution in [0.3, 0.4) is 0 Å². The molecule has 0 aliphatic rings. The zero-order valence-corrected chi connectivity index (χ0v) is 15.8. The Bertz CT molecular complexity index is 869. The Morgan fingerprint density at radius 3 is 2.52 bits per heavy atom. The van der Waals surface area contributed by atoms with E-state index >= 15 is 0 Å². The average Bonchev–Trinajstić information content (AvgIpc) is 2.66. The van der Waals surface area contributed by atoms with E-state index in [0.29, 0.717) is 11.6 Å². The molecule has 0 spiro atoms. The topological polar surface area (TPSA) is 53.4 Å². The molecule has 27 heavy (non-hydrogen) atoms. The third-order valence-electron chi connectivity index (χ3n) is 4.47. The molecule has 2 aromatic carbocycles. The second-order valence-electron chi connectivity index (χ2n) is 6.52. The molecule has 0 radical (unpaired) electrons. The summed E-state index contributed by atoms with van der Waals surface area (Å²) in [6, 6.07) is 18.3. The molecule has 1 N–H and O–H groups in total. The summed E-state index contributed by atoms with van der Waals surface area (Å²) in [5.41, 5.74) is 2.79. The van der Waals surface area contributed by atoms with Crippen molar-refractivity contribution in [1.82, 2.24) is 9.88 Å². The van der Waals surface area contributed by atoms with Gasteiger partial charge in [0.15, 0.2) is 0 Å². The summed E-state index contributed by atoms with van der Waals surface area (Å²) >= 11 is 6.16. The molecular formula is C22H21ClN2O2. The maximum Gasteiger partial charge on any atom is 0.223 e. The number of hydrogen-bond acceptors (Lipinski definition) is 3. The van der Waals surface area contributed by atoms with Crippen LogP contribution in [0.15, 0.2) is 73.1 Å². The van der Waals surface area contributed by atoms with Gasteiger partial charge < -0.3 is 10.0 Å². The summed E-state index contributed by atoms with van der Waals surface area (Å²) in [7, 11) is 1.78. The van der Waals surface area contributed by atoms with Gasteiger partial charge in [-0.05, 0) is 47.0 Å². The van der Waals surface area contributed by atoms with Gasteiger partial charge in [0.1, 0.15) is 5.75 Å². The number of phenols is 1. The molecule has 3 rings (SSSR count). The van der Waals surface area contributed by atoms with E-state index < -0.39 is 0 Å². The molecule has 0 aliphatic heterocycles. The largest absolute Gasteiger partial charge is 0.508 e. The Hall–Kier alpha value is -2.85. The maximum atomic E-state index is 12.9. The van der Waals surface area contributed by atoms with Crippen LogP contribution in [-0.2, 0) is 11.3 Å². The molecule has 0 saturated carbocycles. The highest BCUT2D eigenvalue weighted by Crippen LogP contribution is 2.32. The van der Waals surface area contributed by atoms with E-state index in [1.165, 1.54) is 0 Å². The van der Waals surface area contributed by atoms with Crippen molar-refractivity contribution >= 4 is 17.5 Å². The summed E-state index contributed by atoms with van der Waals surface area (Å²) in [5, 5.41) is 10.5. The predicted molar refractivity (Wildman–Crippen MR) is 107 cm³/mol. The van der Waals surface area contributed by atoms with E-state index in [1.807, 2.05) is 36.4 Å². The molecule has 0 fully saturated rings. The molecule has 5 heteroatoms. The normalized spacial score (nSPS) is 11.8. The number of halogens is 1. The van der Waals surface area contributed by atoms with E-state index in [-0.39, 0.29) is 24.0 Å². The highest BCUT2D eigenvalue weighted by molar-refractivity contribution is 6.30. The zero-order valence-electron chi connectivity index (χ0n) is 15.0. The smallest absolute Gasteiger partial charge is 0.223 e. The average molecular weight is 381 g/mol. The van der Waals surface area contributed by atoms with E-state index in [9.17, 15) is 9.90 Å². The van der Waals surface area contributed by atoms with Crippen molar-refractivity contribution in [3.8, 4) is 5.75 Å². The van der Waals surface area contributed by atoms with Crippen molar-refractivity contribution in [2.75, 3.05) is 7.05 Å². The summed E-state index contributed by atoms with van der Waals surface area (Å²) in [5.74, 6) is -0.0116. The number of benzene rings is 2. The fourth-order valence-corrected chi connectivity index (χ4v) is 3.28. The van der Waals surface area contributed by atoms with Gasteiger partial charge in [0.2, 0.25) is 5.91 Å². The lowest BCUT2D eigenvalue weighted by atomic mass is 9.88. The van der Waals surface area contributed by atoms with Gasteiger partial charge >= 0.3 is 0 Å². The number of pyridine rings is 1. The molecule has 1 atom stereocenters. The van der Waals surface area contributed by atoms with Gasteiger partial charge in [-0.25, -0.2) is 0 Å². The number of rotatable bonds is 6. The summed E-state index contributed by atoms with van der Waals surface area (Å²) in [6.45, 7) is 0.495. The van der Waals surface area contributed by atoms with Crippen LogP contribution >= 0.6 is 11.6 Å². The van der Waals surface area contributed by atoms with Gasteiger partial charge in [0.25, 0.3) is 0 Å². The number of nitrogens with zero attached hydrogens (tertiary/aromatic N) is 2. The lowest BCUT2D eigenvalue weighted by Crippen LogP contribution is -2.28. The van der Waals surface area contributed by atoms with E-state index in [1.54, 1.807) is 48.6 Å². The van der Waals surface area contributed by atoms with Gasteiger partial charge in [-0.2, -0.15) is 0 Å². The van der Waals surface area contributed by atoms with Gasteiger partial charge in [0.05, 0.1) is 0 Å². The standard InChI is InChI=1S/C22H21ClN2O2/c1-25(15-16-5-4-10-24-14-16)22(27)13-21(17-6-2-8-19(23)11-17)18-7-3-9-20(26)12-18/h2-12,14,21,26H,13,15H2,1H3/t21-/m1/s1. The Balaban J connectivity index is 1.83. The number of amides is 1. The van der Waals surface area contributed by atoms with Crippen LogP contribution in [0, 0.1) is 0 Å². The molecule has 4 nitrogen and oxygen atoms in total. The lowest BCUT2D eigenvalue weighted by molar-refractivity contribution is -0.130. The van der Waals surface area contributed by atoms with Gasteiger partial charge in [0, 0.05) is 43.3 Å². The summed E-state index contributed by atoms with van der Waals surface area (Å²) < 4.78 is 0. The van der Waals surface area contributed by atoms with Crippen molar-refractivity contribution in [3.05, 3.63) is 94.8 Å². The van der Waals surface area contributed by atoms with Crippen LogP contribution in [0.25, 0.3) is 0 Å². The van der Waals surface area contributed by atoms with Crippen molar-refractivity contribution < 1.29 is 9.90 Å². The van der Waals surface area contributed by atoms with Crippen molar-refractivity contribution in [2.24, 2.45) is 0 Å². The lowest BCUT2D eigenvalue weighted by Gasteiger charge is -2.23. The predicted octanol–water partition coefficient (Wildman–Crippen LogP) is 4.62. The Labute approximate surface area is 164 Å². The fraction of sp³-hybridized carbons (Fsp3) is 0.182. The third-order valence-corrected chi connectivity index (χ3v) is 4.71. The van der Waals surface area contributed by atoms with Crippen LogP contribution in [0.5, 0.6) is 5.75 Å². The molecule has 1 amide bonds. The van der Waals surface area contributed by atoms with E-state index in [4.69, 9.17) is 11.6 Å². The molecule has 0 aliphatic carbocycles. The van der Waals surface area contributed by atoms with Crippen molar-refractivity contribution in [1.29, 1.82) is 0 Å². The quantitative estimate of drug-likeness (QED) is 0.678. The molecule has 3 aromatic rings. The van der Waals surface area contributed by atoms with Crippen molar-refractivity contribution in [2.45, 2.75) is 18.9 Å². The highest BCUT2D eigenvalue weighted by Gasteiger charge is 2.21. The first-order valence-corrected chi connectivity index (χ1v) is 9.08. The fourth-order valence-electron chi connectivity index (χ4n) is 3.08. The third kappa shape index (κ3) is 5.08. The molecule has 1 heterocycles. The summed E-state index contributed by atoms with van der Waals surface area (Å²) in [4.78, 5) is 18.7. The Morgan fingerprint density at radius 1 is 1.11 bits per heavy atom. The highest BCUT2D eigenvalue weighted by atomic mass is 35.5. The maximum absolute atomic E-state index is 12.9. The van der Waals surface area contributed by atoms with E-state index in [2.05, 4.69) is 4.98 Å². The SMILES string of the molecule is CN(Cc1cccnc1)C(=O)C[C@@H](c1cccc(O)c1)c1cccc(Cl)c1. The Kier molecular flexibility index (Phi) is 6.09. The second kappa shape index (κ2) is 8.69. The number of phenolic OH excluding ortho intramolecular Hbond substituents is 1. The van der Waals surface area contributed by atoms with Gasteiger partial charge in [-0.15, -0.1) is 0 Å². The minimum absolute atomic E-state index is 0.00664. The van der Waals surface area contributed by atoms with Crippen molar-refractivity contribution in [3.63, 3.8) is 0 Å². The molecule has 1 aromatic heterocycles. The van der Waals surface area contributed by atoms with Crippen LogP contribution in [0.2, 0.25) is 5.02 Å².